The van der Waals surface area contributed by atoms with E-state index in [2.05, 4.69) is 20.8 Å². The van der Waals surface area contributed by atoms with Crippen molar-refractivity contribution in [2.24, 2.45) is 0 Å². The number of β-amino-alcohol motifs (C(OH)–C–C–N with tert-alkyl or cyclic N) is 1. The zero-order chi connectivity index (χ0) is 15.7. The van der Waals surface area contributed by atoms with Crippen LogP contribution >= 0.6 is 15.9 Å². The van der Waals surface area contributed by atoms with E-state index in [4.69, 9.17) is 0 Å². The van der Waals surface area contributed by atoms with E-state index in [-0.39, 0.29) is 10.0 Å². The van der Waals surface area contributed by atoms with Gasteiger partial charge in [-0.2, -0.15) is 0 Å². The molecule has 1 heterocycles. The van der Waals surface area contributed by atoms with E-state index >= 15 is 0 Å². The molecule has 1 aliphatic heterocycles. The van der Waals surface area contributed by atoms with Crippen molar-refractivity contribution in [3.63, 3.8) is 0 Å². The second kappa shape index (κ2) is 6.07. The minimum absolute atomic E-state index is 0.0313. The first kappa shape index (κ1) is 15.6. The lowest BCUT2D eigenvalue weighted by molar-refractivity contribution is 0.0413. The van der Waals surface area contributed by atoms with Gasteiger partial charge in [-0.25, -0.2) is 8.78 Å². The fourth-order valence-electron chi connectivity index (χ4n) is 2.95. The van der Waals surface area contributed by atoms with E-state index in [1.54, 1.807) is 0 Å². The maximum atomic E-state index is 14.1. The summed E-state index contributed by atoms with van der Waals surface area (Å²) in [7, 11) is 0. The molecule has 0 amide bonds. The zero-order valence-electron chi connectivity index (χ0n) is 11.9. The molecule has 1 unspecified atom stereocenters. The van der Waals surface area contributed by atoms with Crippen molar-refractivity contribution in [3.8, 4) is 0 Å². The molecule has 22 heavy (non-hydrogen) atoms. The van der Waals surface area contributed by atoms with E-state index in [0.717, 1.165) is 17.7 Å². The van der Waals surface area contributed by atoms with Crippen LogP contribution in [0.15, 0.2) is 46.9 Å². The smallest absolute Gasteiger partial charge is 0.137 e. The van der Waals surface area contributed by atoms with Crippen LogP contribution in [0.4, 0.5) is 8.78 Å². The molecule has 0 bridgehead atoms. The van der Waals surface area contributed by atoms with Crippen LogP contribution in [0, 0.1) is 11.6 Å². The van der Waals surface area contributed by atoms with Crippen LogP contribution in [-0.2, 0) is 12.1 Å². The van der Waals surface area contributed by atoms with Crippen molar-refractivity contribution in [1.29, 1.82) is 0 Å². The van der Waals surface area contributed by atoms with Gasteiger partial charge in [-0.15, -0.1) is 0 Å². The average molecular weight is 368 g/mol. The molecule has 0 aliphatic carbocycles. The highest BCUT2D eigenvalue weighted by Crippen LogP contribution is 2.36. The highest BCUT2D eigenvalue weighted by atomic mass is 79.9. The average Bonchev–Trinajstić information content (AvgIpc) is 2.86. The van der Waals surface area contributed by atoms with Crippen LogP contribution in [-0.4, -0.2) is 23.1 Å². The summed E-state index contributed by atoms with van der Waals surface area (Å²) < 4.78 is 27.9. The molecule has 3 rings (SSSR count). The van der Waals surface area contributed by atoms with Gasteiger partial charge in [0, 0.05) is 25.2 Å². The predicted octanol–water partition coefficient (Wildman–Crippen LogP) is 3.82. The Hall–Kier alpha value is -1.30. The van der Waals surface area contributed by atoms with Crippen molar-refractivity contribution in [2.45, 2.75) is 18.6 Å². The zero-order valence-corrected chi connectivity index (χ0v) is 13.5. The summed E-state index contributed by atoms with van der Waals surface area (Å²) >= 11 is 2.96. The molecular weight excluding hydrogens is 352 g/mol. The Bertz CT molecular complexity index is 680. The molecule has 2 aromatic carbocycles. The Balaban J connectivity index is 1.80. The summed E-state index contributed by atoms with van der Waals surface area (Å²) in [6.45, 7) is 1.62. The number of hydrogen-bond donors (Lipinski definition) is 1. The Labute approximate surface area is 136 Å². The van der Waals surface area contributed by atoms with Crippen LogP contribution in [0.3, 0.4) is 0 Å². The number of hydrogen-bond acceptors (Lipinski definition) is 2. The van der Waals surface area contributed by atoms with Crippen LogP contribution < -0.4 is 0 Å². The van der Waals surface area contributed by atoms with Gasteiger partial charge in [-0.3, -0.25) is 4.90 Å². The standard InChI is InChI=1S/C17H16BrF2NO/c18-14-9-15(19)13(8-16(14)20)17(22)6-7-21(11-17)10-12-4-2-1-3-5-12/h1-5,8-9,22H,6-7,10-11H2. The van der Waals surface area contributed by atoms with Crippen LogP contribution in [0.2, 0.25) is 0 Å². The van der Waals surface area contributed by atoms with E-state index in [1.165, 1.54) is 0 Å². The molecule has 1 atom stereocenters. The summed E-state index contributed by atoms with van der Waals surface area (Å²) in [5, 5.41) is 10.7. The Morgan fingerprint density at radius 2 is 1.86 bits per heavy atom. The van der Waals surface area contributed by atoms with Gasteiger partial charge in [0.25, 0.3) is 0 Å². The molecule has 1 N–H and O–H groups in total. The van der Waals surface area contributed by atoms with Gasteiger partial charge in [-0.1, -0.05) is 30.3 Å². The van der Waals surface area contributed by atoms with E-state index < -0.39 is 17.2 Å². The first-order valence-corrected chi connectivity index (χ1v) is 7.91. The van der Waals surface area contributed by atoms with Crippen molar-refractivity contribution >= 4 is 15.9 Å². The van der Waals surface area contributed by atoms with Crippen LogP contribution in [0.25, 0.3) is 0 Å². The lowest BCUT2D eigenvalue weighted by atomic mass is 9.92. The number of aliphatic hydroxyl groups is 1. The summed E-state index contributed by atoms with van der Waals surface area (Å²) in [4.78, 5) is 2.05. The lowest BCUT2D eigenvalue weighted by Crippen LogP contribution is -2.31. The molecule has 1 fully saturated rings. The monoisotopic (exact) mass is 367 g/mol. The Kier molecular flexibility index (Phi) is 4.30. The van der Waals surface area contributed by atoms with Crippen molar-refractivity contribution in [2.75, 3.05) is 13.1 Å². The van der Waals surface area contributed by atoms with Gasteiger partial charge < -0.3 is 5.11 Å². The Morgan fingerprint density at radius 1 is 1.14 bits per heavy atom. The van der Waals surface area contributed by atoms with Gasteiger partial charge in [0.2, 0.25) is 0 Å². The summed E-state index contributed by atoms with van der Waals surface area (Å²) in [6, 6.07) is 12.1. The maximum Gasteiger partial charge on any atom is 0.137 e. The van der Waals surface area contributed by atoms with Crippen LogP contribution in [0.5, 0.6) is 0 Å². The molecule has 0 spiro atoms. The fraction of sp³-hybridized carbons (Fsp3) is 0.294. The molecule has 0 aromatic heterocycles. The van der Waals surface area contributed by atoms with Gasteiger partial charge in [0.1, 0.15) is 17.2 Å². The fourth-order valence-corrected chi connectivity index (χ4v) is 3.26. The van der Waals surface area contributed by atoms with Gasteiger partial charge in [0.05, 0.1) is 4.47 Å². The van der Waals surface area contributed by atoms with Crippen molar-refractivity contribution < 1.29 is 13.9 Å². The van der Waals surface area contributed by atoms with Crippen molar-refractivity contribution in [1.82, 2.24) is 4.90 Å². The van der Waals surface area contributed by atoms with Crippen molar-refractivity contribution in [3.05, 3.63) is 69.7 Å². The molecule has 2 nitrogen and oxygen atoms in total. The van der Waals surface area contributed by atoms with Gasteiger partial charge >= 0.3 is 0 Å². The highest BCUT2D eigenvalue weighted by Gasteiger charge is 2.40. The first-order chi connectivity index (χ1) is 10.5. The number of likely N-dealkylation sites (tertiary alicyclic amines) is 1. The van der Waals surface area contributed by atoms with Crippen LogP contribution in [0.1, 0.15) is 17.5 Å². The largest absolute Gasteiger partial charge is 0.384 e. The third kappa shape index (κ3) is 3.07. The molecule has 0 radical (unpaired) electrons. The summed E-state index contributed by atoms with van der Waals surface area (Å²) in [6.07, 6.45) is 0.387. The molecule has 1 aliphatic rings. The van der Waals surface area contributed by atoms with Gasteiger partial charge in [-0.05, 0) is 40.0 Å². The van der Waals surface area contributed by atoms with E-state index in [1.807, 2.05) is 30.3 Å². The number of benzene rings is 2. The first-order valence-electron chi connectivity index (χ1n) is 7.12. The third-order valence-corrected chi connectivity index (χ3v) is 4.69. The van der Waals surface area contributed by atoms with E-state index in [0.29, 0.717) is 26.1 Å². The molecular formula is C17H16BrF2NO. The lowest BCUT2D eigenvalue weighted by Gasteiger charge is -2.25. The normalized spacial score (nSPS) is 22.2. The minimum Gasteiger partial charge on any atom is -0.384 e. The Morgan fingerprint density at radius 3 is 2.59 bits per heavy atom. The topological polar surface area (TPSA) is 23.5 Å². The maximum absolute atomic E-state index is 14.1. The minimum atomic E-state index is -1.35. The molecule has 1 saturated heterocycles. The number of rotatable bonds is 3. The molecule has 116 valence electrons. The SMILES string of the molecule is OC1(c2cc(F)c(Br)cc2F)CCN(Cc2ccccc2)C1. The quantitative estimate of drug-likeness (QED) is 0.833. The summed E-state index contributed by atoms with van der Waals surface area (Å²) in [5.41, 5.74) is -0.182. The summed E-state index contributed by atoms with van der Waals surface area (Å²) in [5.74, 6) is -1.15. The molecule has 2 aromatic rings. The van der Waals surface area contributed by atoms with Gasteiger partial charge in [0.15, 0.2) is 0 Å². The van der Waals surface area contributed by atoms with E-state index in [9.17, 15) is 13.9 Å². The highest BCUT2D eigenvalue weighted by molar-refractivity contribution is 9.10. The predicted molar refractivity (Wildman–Crippen MR) is 84.3 cm³/mol. The second-order valence-electron chi connectivity index (χ2n) is 5.72. The third-order valence-electron chi connectivity index (χ3n) is 4.09. The second-order valence-corrected chi connectivity index (χ2v) is 6.58. The molecule has 0 saturated carbocycles. The number of halogens is 3. The number of nitrogens with zero attached hydrogens (tertiary/aromatic N) is 1. The molecule has 5 heteroatoms.